The van der Waals surface area contributed by atoms with E-state index in [-0.39, 0.29) is 11.9 Å². The fourth-order valence-electron chi connectivity index (χ4n) is 3.07. The van der Waals surface area contributed by atoms with Crippen LogP contribution in [0.3, 0.4) is 0 Å². The highest BCUT2D eigenvalue weighted by molar-refractivity contribution is 6.04. The molecule has 22 heavy (non-hydrogen) atoms. The van der Waals surface area contributed by atoms with Crippen molar-refractivity contribution < 1.29 is 9.21 Å². The Kier molecular flexibility index (Phi) is 2.92. The molecule has 0 aliphatic carbocycles. The molecule has 4 heterocycles. The number of likely N-dealkylation sites (tertiary alicyclic amines) is 1. The summed E-state index contributed by atoms with van der Waals surface area (Å²) in [5.74, 6) is 0.725. The van der Waals surface area contributed by atoms with Crippen LogP contribution in [0.15, 0.2) is 35.3 Å². The molecule has 3 aromatic rings. The summed E-state index contributed by atoms with van der Waals surface area (Å²) in [5.41, 5.74) is 1.10. The van der Waals surface area contributed by atoms with Crippen molar-refractivity contribution in [2.24, 2.45) is 7.05 Å². The third kappa shape index (κ3) is 1.89. The van der Waals surface area contributed by atoms with Crippen molar-refractivity contribution in [2.75, 3.05) is 6.54 Å². The first-order valence-corrected chi connectivity index (χ1v) is 7.23. The monoisotopic (exact) mass is 297 g/mol. The number of hydrogen-bond acceptors (Lipinski definition) is 5. The SMILES string of the molecule is Cn1cnnc1C1CCCN1C(=O)c1nccc2occc12. The minimum atomic E-state index is -0.0856. The van der Waals surface area contributed by atoms with E-state index in [4.69, 9.17) is 4.42 Å². The first-order chi connectivity index (χ1) is 10.8. The zero-order valence-corrected chi connectivity index (χ0v) is 12.1. The summed E-state index contributed by atoms with van der Waals surface area (Å²) >= 11 is 0. The van der Waals surface area contributed by atoms with Crippen LogP contribution in [0.1, 0.15) is 35.2 Å². The summed E-state index contributed by atoms with van der Waals surface area (Å²) < 4.78 is 7.22. The Hall–Kier alpha value is -2.70. The van der Waals surface area contributed by atoms with E-state index in [2.05, 4.69) is 15.2 Å². The van der Waals surface area contributed by atoms with Gasteiger partial charge in [-0.2, -0.15) is 0 Å². The van der Waals surface area contributed by atoms with E-state index < -0.39 is 0 Å². The third-order valence-corrected chi connectivity index (χ3v) is 4.14. The first kappa shape index (κ1) is 13.0. The maximum Gasteiger partial charge on any atom is 0.273 e. The van der Waals surface area contributed by atoms with Gasteiger partial charge < -0.3 is 13.9 Å². The normalized spacial score (nSPS) is 18.2. The van der Waals surface area contributed by atoms with Crippen LogP contribution in [0.5, 0.6) is 0 Å². The number of carbonyl (C=O) groups excluding carboxylic acids is 1. The van der Waals surface area contributed by atoms with Gasteiger partial charge in [0.05, 0.1) is 17.7 Å². The van der Waals surface area contributed by atoms with E-state index >= 15 is 0 Å². The van der Waals surface area contributed by atoms with Gasteiger partial charge >= 0.3 is 0 Å². The fourth-order valence-corrected chi connectivity index (χ4v) is 3.07. The highest BCUT2D eigenvalue weighted by atomic mass is 16.3. The molecule has 112 valence electrons. The van der Waals surface area contributed by atoms with Crippen molar-refractivity contribution in [3.8, 4) is 0 Å². The van der Waals surface area contributed by atoms with Crippen molar-refractivity contribution in [3.05, 3.63) is 42.4 Å². The van der Waals surface area contributed by atoms with E-state index in [0.717, 1.165) is 24.1 Å². The van der Waals surface area contributed by atoms with Crippen LogP contribution < -0.4 is 0 Å². The Balaban J connectivity index is 1.73. The van der Waals surface area contributed by atoms with Gasteiger partial charge in [0.15, 0.2) is 5.82 Å². The lowest BCUT2D eigenvalue weighted by atomic mass is 10.1. The lowest BCUT2D eigenvalue weighted by Gasteiger charge is -2.23. The second-order valence-corrected chi connectivity index (χ2v) is 5.45. The molecule has 1 unspecified atom stereocenters. The minimum absolute atomic E-state index is 0.0519. The lowest BCUT2D eigenvalue weighted by Crippen LogP contribution is -2.32. The van der Waals surface area contributed by atoms with E-state index in [0.29, 0.717) is 17.8 Å². The molecule has 1 aliphatic heterocycles. The Morgan fingerprint density at radius 2 is 2.32 bits per heavy atom. The summed E-state index contributed by atoms with van der Waals surface area (Å²) in [7, 11) is 1.89. The summed E-state index contributed by atoms with van der Waals surface area (Å²) in [6, 6.07) is 3.49. The molecule has 3 aromatic heterocycles. The molecular formula is C15H15N5O2. The molecule has 7 nitrogen and oxygen atoms in total. The first-order valence-electron chi connectivity index (χ1n) is 7.23. The van der Waals surface area contributed by atoms with Gasteiger partial charge in [-0.05, 0) is 25.0 Å². The summed E-state index contributed by atoms with van der Waals surface area (Å²) in [6.45, 7) is 0.701. The Labute approximate surface area is 126 Å². The van der Waals surface area contributed by atoms with Crippen LogP contribution >= 0.6 is 0 Å². The van der Waals surface area contributed by atoms with Gasteiger partial charge in [0.25, 0.3) is 5.91 Å². The molecule has 4 rings (SSSR count). The zero-order valence-electron chi connectivity index (χ0n) is 12.1. The van der Waals surface area contributed by atoms with Crippen molar-refractivity contribution in [2.45, 2.75) is 18.9 Å². The molecule has 0 N–H and O–H groups in total. The van der Waals surface area contributed by atoms with Crippen LogP contribution in [0.2, 0.25) is 0 Å². The predicted octanol–water partition coefficient (Wildman–Crippen LogP) is 1.93. The average Bonchev–Trinajstić information content (AvgIpc) is 3.25. The molecule has 1 aliphatic rings. The number of rotatable bonds is 2. The molecule has 0 aromatic carbocycles. The lowest BCUT2D eigenvalue weighted by molar-refractivity contribution is 0.0724. The van der Waals surface area contributed by atoms with Crippen molar-refractivity contribution in [1.82, 2.24) is 24.6 Å². The molecule has 0 bridgehead atoms. The maximum atomic E-state index is 12.9. The average molecular weight is 297 g/mol. The van der Waals surface area contributed by atoms with Crippen LogP contribution in [-0.4, -0.2) is 37.1 Å². The van der Waals surface area contributed by atoms with Crippen LogP contribution in [0.25, 0.3) is 11.0 Å². The van der Waals surface area contributed by atoms with Crippen LogP contribution in [-0.2, 0) is 7.05 Å². The Morgan fingerprint density at radius 3 is 3.14 bits per heavy atom. The molecular weight excluding hydrogens is 282 g/mol. The van der Waals surface area contributed by atoms with E-state index in [1.807, 2.05) is 16.5 Å². The van der Waals surface area contributed by atoms with Gasteiger partial charge in [-0.3, -0.25) is 9.78 Å². The molecule has 1 atom stereocenters. The summed E-state index contributed by atoms with van der Waals surface area (Å²) in [6.07, 6.45) is 6.68. The highest BCUT2D eigenvalue weighted by Crippen LogP contribution is 2.32. The maximum absolute atomic E-state index is 12.9. The predicted molar refractivity (Wildman–Crippen MR) is 78.0 cm³/mol. The smallest absolute Gasteiger partial charge is 0.273 e. The quantitative estimate of drug-likeness (QED) is 0.722. The van der Waals surface area contributed by atoms with Crippen LogP contribution in [0.4, 0.5) is 0 Å². The topological polar surface area (TPSA) is 77.1 Å². The molecule has 1 amide bonds. The van der Waals surface area contributed by atoms with Gasteiger partial charge in [-0.1, -0.05) is 0 Å². The standard InChI is InChI=1S/C15H15N5O2/c1-19-9-17-18-14(19)11-3-2-7-20(11)15(21)13-10-5-8-22-12(10)4-6-16-13/h4-6,8-9,11H,2-3,7H2,1H3. The number of hydrogen-bond donors (Lipinski definition) is 0. The van der Waals surface area contributed by atoms with E-state index in [1.165, 1.54) is 0 Å². The molecule has 1 fully saturated rings. The van der Waals surface area contributed by atoms with Gasteiger partial charge in [0.1, 0.15) is 17.6 Å². The van der Waals surface area contributed by atoms with E-state index in [9.17, 15) is 4.79 Å². The summed E-state index contributed by atoms with van der Waals surface area (Å²) in [5, 5.41) is 8.82. The Morgan fingerprint density at radius 1 is 1.41 bits per heavy atom. The molecule has 0 radical (unpaired) electrons. The fraction of sp³-hybridized carbons (Fsp3) is 0.333. The Bertz CT molecular complexity index is 837. The van der Waals surface area contributed by atoms with Crippen LogP contribution in [0, 0.1) is 0 Å². The van der Waals surface area contributed by atoms with Crippen molar-refractivity contribution >= 4 is 16.9 Å². The molecule has 1 saturated heterocycles. The van der Waals surface area contributed by atoms with Gasteiger partial charge in [-0.25, -0.2) is 0 Å². The number of nitrogens with zero attached hydrogens (tertiary/aromatic N) is 5. The number of fused-ring (bicyclic) bond motifs is 1. The summed E-state index contributed by atoms with van der Waals surface area (Å²) in [4.78, 5) is 19.0. The number of aromatic nitrogens is 4. The van der Waals surface area contributed by atoms with Crippen molar-refractivity contribution in [1.29, 1.82) is 0 Å². The number of carbonyl (C=O) groups is 1. The largest absolute Gasteiger partial charge is 0.464 e. The zero-order chi connectivity index (χ0) is 15.1. The molecule has 7 heteroatoms. The second kappa shape index (κ2) is 4.94. The number of amides is 1. The van der Waals surface area contributed by atoms with Gasteiger partial charge in [0.2, 0.25) is 0 Å². The minimum Gasteiger partial charge on any atom is -0.464 e. The third-order valence-electron chi connectivity index (χ3n) is 4.14. The van der Waals surface area contributed by atoms with E-state index in [1.54, 1.807) is 30.9 Å². The number of furan rings is 1. The second-order valence-electron chi connectivity index (χ2n) is 5.45. The number of aryl methyl sites for hydroxylation is 1. The number of pyridine rings is 1. The van der Waals surface area contributed by atoms with Gasteiger partial charge in [-0.15, -0.1) is 10.2 Å². The molecule has 0 saturated carbocycles. The van der Waals surface area contributed by atoms with Gasteiger partial charge in [0, 0.05) is 19.8 Å². The highest BCUT2D eigenvalue weighted by Gasteiger charge is 2.34. The molecule has 0 spiro atoms. The van der Waals surface area contributed by atoms with Crippen molar-refractivity contribution in [3.63, 3.8) is 0 Å².